The quantitative estimate of drug-likeness (QED) is 0.755. The number of ether oxygens (including phenoxy) is 1. The van der Waals surface area contributed by atoms with Crippen LogP contribution in [0.4, 0.5) is 4.79 Å². The van der Waals surface area contributed by atoms with Crippen LogP contribution < -0.4 is 10.6 Å². The van der Waals surface area contributed by atoms with Gasteiger partial charge in [-0.1, -0.05) is 13.8 Å². The molecule has 1 aliphatic carbocycles. The van der Waals surface area contributed by atoms with Gasteiger partial charge in [0.2, 0.25) is 0 Å². The van der Waals surface area contributed by atoms with E-state index in [1.807, 2.05) is 20.8 Å². The average Bonchev–Trinajstić information content (AvgIpc) is 3.09. The van der Waals surface area contributed by atoms with Gasteiger partial charge in [-0.05, 0) is 65.2 Å². The van der Waals surface area contributed by atoms with Gasteiger partial charge >= 0.3 is 6.09 Å². The first-order valence-electron chi connectivity index (χ1n) is 8.23. The Morgan fingerprint density at radius 1 is 1.14 bits per heavy atom. The number of nitrogens with one attached hydrogen (secondary N) is 2. The van der Waals surface area contributed by atoms with Gasteiger partial charge in [0.05, 0.1) is 0 Å². The standard InChI is InChI=1S/C17H34N2O2/c1-12(2)13(10-18-15(20)21-16(3,4)5)11-19-17(6,7)14-8-9-14/h12-14,19H,8-11H2,1-7H3,(H,18,20). The van der Waals surface area contributed by atoms with Crippen LogP contribution in [0.25, 0.3) is 0 Å². The molecular formula is C17H34N2O2. The lowest BCUT2D eigenvalue weighted by atomic mass is 9.92. The molecule has 0 bridgehead atoms. The molecule has 21 heavy (non-hydrogen) atoms. The van der Waals surface area contributed by atoms with E-state index in [1.54, 1.807) is 0 Å². The molecule has 4 nitrogen and oxygen atoms in total. The first kappa shape index (κ1) is 18.3. The van der Waals surface area contributed by atoms with E-state index in [0.717, 1.165) is 12.5 Å². The zero-order valence-corrected chi connectivity index (χ0v) is 14.9. The van der Waals surface area contributed by atoms with Crippen LogP contribution in [0, 0.1) is 17.8 Å². The molecule has 1 atom stereocenters. The lowest BCUT2D eigenvalue weighted by Gasteiger charge is -2.31. The van der Waals surface area contributed by atoms with E-state index in [0.29, 0.717) is 18.4 Å². The molecule has 0 aromatic rings. The second-order valence-corrected chi connectivity index (χ2v) is 8.26. The molecule has 0 radical (unpaired) electrons. The van der Waals surface area contributed by atoms with Crippen LogP contribution in [0.5, 0.6) is 0 Å². The summed E-state index contributed by atoms with van der Waals surface area (Å²) in [6.07, 6.45) is 2.35. The molecule has 2 N–H and O–H groups in total. The Morgan fingerprint density at radius 3 is 2.14 bits per heavy atom. The Hall–Kier alpha value is -0.770. The third-order valence-corrected chi connectivity index (χ3v) is 4.27. The molecule has 1 amide bonds. The molecule has 1 aliphatic rings. The number of amides is 1. The monoisotopic (exact) mass is 298 g/mol. The molecule has 0 aromatic carbocycles. The average molecular weight is 298 g/mol. The van der Waals surface area contributed by atoms with Crippen molar-refractivity contribution < 1.29 is 9.53 Å². The summed E-state index contributed by atoms with van der Waals surface area (Å²) in [5, 5.41) is 6.58. The lowest BCUT2D eigenvalue weighted by Crippen LogP contribution is -2.47. The van der Waals surface area contributed by atoms with Crippen molar-refractivity contribution in [1.29, 1.82) is 0 Å². The van der Waals surface area contributed by atoms with Crippen LogP contribution in [0.2, 0.25) is 0 Å². The molecule has 124 valence electrons. The Labute approximate surface area is 130 Å². The summed E-state index contributed by atoms with van der Waals surface area (Å²) in [6, 6.07) is 0. The lowest BCUT2D eigenvalue weighted by molar-refractivity contribution is 0.0514. The van der Waals surface area contributed by atoms with Gasteiger partial charge in [-0.2, -0.15) is 0 Å². The summed E-state index contributed by atoms with van der Waals surface area (Å²) in [5.74, 6) is 1.74. The molecule has 0 saturated heterocycles. The number of carbonyl (C=O) groups excluding carboxylic acids is 1. The third-order valence-electron chi connectivity index (χ3n) is 4.27. The molecule has 1 rings (SSSR count). The molecule has 0 heterocycles. The summed E-state index contributed by atoms with van der Waals surface area (Å²) in [5.41, 5.74) is -0.233. The van der Waals surface area contributed by atoms with E-state index in [4.69, 9.17) is 4.74 Å². The van der Waals surface area contributed by atoms with Crippen LogP contribution in [-0.4, -0.2) is 30.3 Å². The van der Waals surface area contributed by atoms with Gasteiger partial charge in [0, 0.05) is 18.6 Å². The predicted molar refractivity (Wildman–Crippen MR) is 87.4 cm³/mol. The first-order valence-corrected chi connectivity index (χ1v) is 8.23. The second kappa shape index (κ2) is 6.99. The van der Waals surface area contributed by atoms with E-state index in [1.165, 1.54) is 12.8 Å². The maximum absolute atomic E-state index is 11.8. The van der Waals surface area contributed by atoms with Crippen molar-refractivity contribution in [3.8, 4) is 0 Å². The predicted octanol–water partition coefficient (Wildman–Crippen LogP) is 3.56. The summed E-state index contributed by atoms with van der Waals surface area (Å²) in [6.45, 7) is 16.2. The molecule has 4 heteroatoms. The van der Waals surface area contributed by atoms with E-state index in [-0.39, 0.29) is 11.6 Å². The molecule has 0 aromatic heterocycles. The fourth-order valence-corrected chi connectivity index (χ4v) is 2.42. The number of hydrogen-bond donors (Lipinski definition) is 2. The van der Waals surface area contributed by atoms with Crippen molar-refractivity contribution in [3.63, 3.8) is 0 Å². The van der Waals surface area contributed by atoms with Crippen molar-refractivity contribution in [2.24, 2.45) is 17.8 Å². The SMILES string of the molecule is CC(C)C(CNC(=O)OC(C)(C)C)CNC(C)(C)C1CC1. The van der Waals surface area contributed by atoms with E-state index in [2.05, 4.69) is 38.3 Å². The van der Waals surface area contributed by atoms with E-state index >= 15 is 0 Å². The number of alkyl carbamates (subject to hydrolysis) is 1. The highest BCUT2D eigenvalue weighted by atomic mass is 16.6. The highest BCUT2D eigenvalue weighted by Gasteiger charge is 2.37. The molecule has 1 unspecified atom stereocenters. The van der Waals surface area contributed by atoms with Crippen LogP contribution in [0.3, 0.4) is 0 Å². The topological polar surface area (TPSA) is 50.4 Å². The summed E-state index contributed by atoms with van der Waals surface area (Å²) < 4.78 is 5.29. The Kier molecular flexibility index (Phi) is 6.09. The van der Waals surface area contributed by atoms with Gasteiger partial charge in [0.25, 0.3) is 0 Å². The minimum absolute atomic E-state index is 0.207. The van der Waals surface area contributed by atoms with Gasteiger partial charge < -0.3 is 15.4 Å². The number of hydrogen-bond acceptors (Lipinski definition) is 3. The van der Waals surface area contributed by atoms with Gasteiger partial charge in [-0.15, -0.1) is 0 Å². The molecule has 0 aliphatic heterocycles. The van der Waals surface area contributed by atoms with Gasteiger partial charge in [-0.3, -0.25) is 0 Å². The van der Waals surface area contributed by atoms with Crippen molar-refractivity contribution in [2.45, 2.75) is 72.4 Å². The largest absolute Gasteiger partial charge is 0.444 e. The smallest absolute Gasteiger partial charge is 0.407 e. The fourth-order valence-electron chi connectivity index (χ4n) is 2.42. The van der Waals surface area contributed by atoms with Crippen molar-refractivity contribution in [1.82, 2.24) is 10.6 Å². The van der Waals surface area contributed by atoms with Gasteiger partial charge in [-0.25, -0.2) is 4.79 Å². The van der Waals surface area contributed by atoms with E-state index < -0.39 is 5.60 Å². The Balaban J connectivity index is 2.38. The number of rotatable bonds is 7. The third kappa shape index (κ3) is 7.16. The van der Waals surface area contributed by atoms with Crippen molar-refractivity contribution in [3.05, 3.63) is 0 Å². The second-order valence-electron chi connectivity index (χ2n) is 8.26. The maximum atomic E-state index is 11.8. The van der Waals surface area contributed by atoms with Gasteiger partial charge in [0.15, 0.2) is 0 Å². The molecular weight excluding hydrogens is 264 g/mol. The minimum Gasteiger partial charge on any atom is -0.444 e. The van der Waals surface area contributed by atoms with Gasteiger partial charge in [0.1, 0.15) is 5.60 Å². The van der Waals surface area contributed by atoms with Crippen molar-refractivity contribution in [2.75, 3.05) is 13.1 Å². The van der Waals surface area contributed by atoms with E-state index in [9.17, 15) is 4.79 Å². The van der Waals surface area contributed by atoms with Crippen LogP contribution in [0.1, 0.15) is 61.3 Å². The highest BCUT2D eigenvalue weighted by molar-refractivity contribution is 5.67. The normalized spacial score (nSPS) is 17.7. The molecule has 1 saturated carbocycles. The zero-order valence-electron chi connectivity index (χ0n) is 14.9. The summed E-state index contributed by atoms with van der Waals surface area (Å²) >= 11 is 0. The Morgan fingerprint density at radius 2 is 1.71 bits per heavy atom. The molecule has 1 fully saturated rings. The van der Waals surface area contributed by atoms with Crippen molar-refractivity contribution >= 4 is 6.09 Å². The minimum atomic E-state index is -0.441. The van der Waals surface area contributed by atoms with Crippen LogP contribution >= 0.6 is 0 Å². The van der Waals surface area contributed by atoms with Crippen LogP contribution in [-0.2, 0) is 4.74 Å². The summed E-state index contributed by atoms with van der Waals surface area (Å²) in [7, 11) is 0. The summed E-state index contributed by atoms with van der Waals surface area (Å²) in [4.78, 5) is 11.8. The fraction of sp³-hybridized carbons (Fsp3) is 0.941. The number of carbonyl (C=O) groups is 1. The maximum Gasteiger partial charge on any atom is 0.407 e. The van der Waals surface area contributed by atoms with Crippen LogP contribution in [0.15, 0.2) is 0 Å². The first-order chi connectivity index (χ1) is 9.51. The highest BCUT2D eigenvalue weighted by Crippen LogP contribution is 2.39. The Bertz CT molecular complexity index is 341. The zero-order chi connectivity index (χ0) is 16.3. The molecule has 0 spiro atoms.